The first-order valence-corrected chi connectivity index (χ1v) is 8.03. The average molecular weight is 291 g/mol. The SMILES string of the molecule is COc1cc(C)nc(N2CCC[C@@H]2[C@@H]2CCCC[C@H]2O)n1. The van der Waals surface area contributed by atoms with E-state index in [1.807, 2.05) is 13.0 Å². The Balaban J connectivity index is 1.84. The fourth-order valence-corrected chi connectivity index (χ4v) is 3.83. The summed E-state index contributed by atoms with van der Waals surface area (Å²) in [6.07, 6.45) is 6.53. The number of hydrogen-bond acceptors (Lipinski definition) is 5. The van der Waals surface area contributed by atoms with Gasteiger partial charge in [-0.3, -0.25) is 0 Å². The number of methoxy groups -OCH3 is 1. The number of hydrogen-bond donors (Lipinski definition) is 1. The van der Waals surface area contributed by atoms with Crippen LogP contribution >= 0.6 is 0 Å². The predicted octanol–water partition coefficient (Wildman–Crippen LogP) is 2.31. The van der Waals surface area contributed by atoms with Gasteiger partial charge >= 0.3 is 0 Å². The number of aliphatic hydroxyl groups excluding tert-OH is 1. The average Bonchev–Trinajstić information content (AvgIpc) is 2.96. The van der Waals surface area contributed by atoms with Crippen LogP contribution in [0.5, 0.6) is 5.88 Å². The third kappa shape index (κ3) is 2.98. The molecule has 5 heteroatoms. The lowest BCUT2D eigenvalue weighted by molar-refractivity contribution is 0.0564. The summed E-state index contributed by atoms with van der Waals surface area (Å²) in [6.45, 7) is 2.94. The molecule has 1 aromatic rings. The van der Waals surface area contributed by atoms with E-state index < -0.39 is 0 Å². The highest BCUT2D eigenvalue weighted by Gasteiger charge is 2.38. The Morgan fingerprint density at radius 2 is 2.00 bits per heavy atom. The minimum atomic E-state index is -0.170. The second kappa shape index (κ2) is 6.18. The number of nitrogens with zero attached hydrogens (tertiary/aromatic N) is 3. The number of anilines is 1. The third-order valence-corrected chi connectivity index (χ3v) is 4.86. The Hall–Kier alpha value is -1.36. The van der Waals surface area contributed by atoms with E-state index in [9.17, 15) is 5.11 Å². The number of rotatable bonds is 3. The summed E-state index contributed by atoms with van der Waals surface area (Å²) in [5.41, 5.74) is 0.923. The fourth-order valence-electron chi connectivity index (χ4n) is 3.83. The molecule has 1 N–H and O–H groups in total. The van der Waals surface area contributed by atoms with Crippen LogP contribution in [0.2, 0.25) is 0 Å². The third-order valence-electron chi connectivity index (χ3n) is 4.86. The van der Waals surface area contributed by atoms with Gasteiger partial charge in [0.15, 0.2) is 0 Å². The first-order chi connectivity index (χ1) is 10.2. The maximum Gasteiger partial charge on any atom is 0.229 e. The fraction of sp³-hybridized carbons (Fsp3) is 0.750. The maximum absolute atomic E-state index is 10.4. The van der Waals surface area contributed by atoms with E-state index in [-0.39, 0.29) is 6.10 Å². The highest BCUT2D eigenvalue weighted by molar-refractivity contribution is 5.37. The van der Waals surface area contributed by atoms with E-state index in [0.717, 1.165) is 50.3 Å². The van der Waals surface area contributed by atoms with Gasteiger partial charge in [-0.05, 0) is 32.6 Å². The molecule has 2 heterocycles. The molecule has 0 spiro atoms. The number of aryl methyl sites for hydroxylation is 1. The van der Waals surface area contributed by atoms with E-state index in [2.05, 4.69) is 14.9 Å². The van der Waals surface area contributed by atoms with Gasteiger partial charge in [0.05, 0.1) is 13.2 Å². The molecule has 0 radical (unpaired) electrons. The molecule has 1 aliphatic heterocycles. The Bertz CT molecular complexity index is 494. The number of aliphatic hydroxyl groups is 1. The van der Waals surface area contributed by atoms with Crippen molar-refractivity contribution in [3.05, 3.63) is 11.8 Å². The van der Waals surface area contributed by atoms with Crippen molar-refractivity contribution >= 4 is 5.95 Å². The molecule has 3 atom stereocenters. The number of aromatic nitrogens is 2. The largest absolute Gasteiger partial charge is 0.481 e. The lowest BCUT2D eigenvalue weighted by Crippen LogP contribution is -2.43. The van der Waals surface area contributed by atoms with Gasteiger partial charge in [-0.25, -0.2) is 4.98 Å². The first-order valence-electron chi connectivity index (χ1n) is 8.03. The molecule has 1 saturated heterocycles. The molecule has 0 unspecified atom stereocenters. The van der Waals surface area contributed by atoms with Gasteiger partial charge in [-0.2, -0.15) is 4.98 Å². The quantitative estimate of drug-likeness (QED) is 0.926. The minimum absolute atomic E-state index is 0.170. The van der Waals surface area contributed by atoms with E-state index in [1.54, 1.807) is 7.11 Å². The van der Waals surface area contributed by atoms with Crippen molar-refractivity contribution in [2.45, 2.75) is 57.6 Å². The van der Waals surface area contributed by atoms with Crippen molar-refractivity contribution < 1.29 is 9.84 Å². The maximum atomic E-state index is 10.4. The summed E-state index contributed by atoms with van der Waals surface area (Å²) >= 11 is 0. The highest BCUT2D eigenvalue weighted by atomic mass is 16.5. The van der Waals surface area contributed by atoms with Crippen molar-refractivity contribution in [1.29, 1.82) is 0 Å². The van der Waals surface area contributed by atoms with Crippen LogP contribution in [0.3, 0.4) is 0 Å². The second-order valence-corrected chi connectivity index (χ2v) is 6.27. The van der Waals surface area contributed by atoms with E-state index in [4.69, 9.17) is 4.74 Å². The molecule has 1 aromatic heterocycles. The van der Waals surface area contributed by atoms with Crippen LogP contribution in [0.15, 0.2) is 6.07 Å². The minimum Gasteiger partial charge on any atom is -0.481 e. The smallest absolute Gasteiger partial charge is 0.229 e. The first kappa shape index (κ1) is 14.6. The molecular formula is C16H25N3O2. The lowest BCUT2D eigenvalue weighted by atomic mass is 9.80. The predicted molar refractivity (Wildman–Crippen MR) is 81.7 cm³/mol. The Labute approximate surface area is 126 Å². The van der Waals surface area contributed by atoms with Crippen LogP contribution in [-0.2, 0) is 0 Å². The highest BCUT2D eigenvalue weighted by Crippen LogP contribution is 2.36. The second-order valence-electron chi connectivity index (χ2n) is 6.27. The van der Waals surface area contributed by atoms with Crippen LogP contribution in [0.1, 0.15) is 44.2 Å². The molecule has 5 nitrogen and oxygen atoms in total. The van der Waals surface area contributed by atoms with Gasteiger partial charge < -0.3 is 14.7 Å². The zero-order valence-electron chi connectivity index (χ0n) is 13.0. The summed E-state index contributed by atoms with van der Waals surface area (Å²) in [6, 6.07) is 2.22. The molecule has 3 rings (SSSR count). The van der Waals surface area contributed by atoms with Crippen molar-refractivity contribution in [2.24, 2.45) is 5.92 Å². The van der Waals surface area contributed by atoms with Gasteiger partial charge in [-0.1, -0.05) is 12.8 Å². The van der Waals surface area contributed by atoms with Crippen molar-refractivity contribution in [2.75, 3.05) is 18.6 Å². The normalized spacial score (nSPS) is 29.7. The molecular weight excluding hydrogens is 266 g/mol. The molecule has 21 heavy (non-hydrogen) atoms. The molecule has 2 fully saturated rings. The van der Waals surface area contributed by atoms with Gasteiger partial charge in [0.1, 0.15) is 0 Å². The van der Waals surface area contributed by atoms with Crippen LogP contribution in [-0.4, -0.2) is 40.9 Å². The number of ether oxygens (including phenoxy) is 1. The van der Waals surface area contributed by atoms with E-state index in [1.165, 1.54) is 6.42 Å². The van der Waals surface area contributed by atoms with Crippen molar-refractivity contribution in [3.63, 3.8) is 0 Å². The molecule has 0 aromatic carbocycles. The van der Waals surface area contributed by atoms with Gasteiger partial charge in [0, 0.05) is 30.3 Å². The van der Waals surface area contributed by atoms with Gasteiger partial charge in [0.2, 0.25) is 11.8 Å². The summed E-state index contributed by atoms with van der Waals surface area (Å²) in [4.78, 5) is 11.4. The Morgan fingerprint density at radius 3 is 2.76 bits per heavy atom. The topological polar surface area (TPSA) is 58.5 Å². The van der Waals surface area contributed by atoms with E-state index in [0.29, 0.717) is 17.8 Å². The summed E-state index contributed by atoms with van der Waals surface area (Å²) in [5.74, 6) is 1.73. The monoisotopic (exact) mass is 291 g/mol. The van der Waals surface area contributed by atoms with Crippen LogP contribution < -0.4 is 9.64 Å². The zero-order chi connectivity index (χ0) is 14.8. The van der Waals surface area contributed by atoms with Crippen LogP contribution in [0.4, 0.5) is 5.95 Å². The standard InChI is InChI=1S/C16H25N3O2/c1-11-10-15(21-2)18-16(17-11)19-9-5-7-13(19)12-6-3-4-8-14(12)20/h10,12-14,20H,3-9H2,1-2H3/t12-,13+,14+/m0/s1. The lowest BCUT2D eigenvalue weighted by Gasteiger charge is -2.37. The van der Waals surface area contributed by atoms with Crippen LogP contribution in [0.25, 0.3) is 0 Å². The Morgan fingerprint density at radius 1 is 1.19 bits per heavy atom. The molecule has 116 valence electrons. The molecule has 0 amide bonds. The molecule has 1 saturated carbocycles. The molecule has 2 aliphatic rings. The van der Waals surface area contributed by atoms with E-state index >= 15 is 0 Å². The summed E-state index contributed by atoms with van der Waals surface area (Å²) in [5, 5.41) is 10.4. The Kier molecular flexibility index (Phi) is 4.29. The summed E-state index contributed by atoms with van der Waals surface area (Å²) in [7, 11) is 1.64. The summed E-state index contributed by atoms with van der Waals surface area (Å²) < 4.78 is 5.27. The van der Waals surface area contributed by atoms with Gasteiger partial charge in [0.25, 0.3) is 0 Å². The van der Waals surface area contributed by atoms with Crippen molar-refractivity contribution in [3.8, 4) is 5.88 Å². The molecule has 0 bridgehead atoms. The van der Waals surface area contributed by atoms with Gasteiger partial charge in [-0.15, -0.1) is 0 Å². The zero-order valence-corrected chi connectivity index (χ0v) is 13.0. The molecule has 1 aliphatic carbocycles. The van der Waals surface area contributed by atoms with Crippen LogP contribution in [0, 0.1) is 12.8 Å². The van der Waals surface area contributed by atoms with Crippen molar-refractivity contribution in [1.82, 2.24) is 9.97 Å².